The Labute approximate surface area is 132 Å². The van der Waals surface area contributed by atoms with Crippen molar-refractivity contribution in [3.63, 3.8) is 0 Å². The molecule has 0 unspecified atom stereocenters. The fourth-order valence-corrected chi connectivity index (χ4v) is 2.01. The predicted molar refractivity (Wildman–Crippen MR) is 82.6 cm³/mol. The average molecular weight is 326 g/mol. The fraction of sp³-hybridized carbons (Fsp3) is 0.133. The van der Waals surface area contributed by atoms with Gasteiger partial charge in [-0.1, -0.05) is 29.3 Å². The minimum absolute atomic E-state index is 0.0694. The molecule has 0 saturated heterocycles. The smallest absolute Gasteiger partial charge is 0.344 e. The Morgan fingerprint density at radius 2 is 1.81 bits per heavy atom. The first-order valence-corrected chi connectivity index (χ1v) is 6.88. The van der Waals surface area contributed by atoms with Gasteiger partial charge in [-0.15, -0.1) is 0 Å². The Morgan fingerprint density at radius 1 is 1.10 bits per heavy atom. The van der Waals surface area contributed by atoms with Crippen LogP contribution >= 0.6 is 23.2 Å². The number of carbonyl (C=O) groups is 1. The first kappa shape index (κ1) is 15.5. The molecule has 0 amide bonds. The zero-order valence-corrected chi connectivity index (χ0v) is 12.5. The van der Waals surface area contributed by atoms with Gasteiger partial charge < -0.3 is 15.2 Å². The SMILES string of the molecule is Nc1ccc(OCC(=O)OCc2ccc(Cl)cc2Cl)cc1. The van der Waals surface area contributed by atoms with Crippen LogP contribution in [0.15, 0.2) is 42.5 Å². The third-order valence-electron chi connectivity index (χ3n) is 2.64. The highest BCUT2D eigenvalue weighted by Gasteiger charge is 2.07. The van der Waals surface area contributed by atoms with Crippen LogP contribution in [-0.2, 0) is 16.1 Å². The molecule has 2 aromatic rings. The summed E-state index contributed by atoms with van der Waals surface area (Å²) in [5, 5.41) is 0.983. The molecule has 0 heterocycles. The van der Waals surface area contributed by atoms with E-state index >= 15 is 0 Å². The van der Waals surface area contributed by atoms with E-state index in [1.54, 1.807) is 42.5 Å². The predicted octanol–water partition coefficient (Wildman–Crippen LogP) is 3.70. The van der Waals surface area contributed by atoms with Crippen LogP contribution in [0.2, 0.25) is 10.0 Å². The zero-order chi connectivity index (χ0) is 15.2. The van der Waals surface area contributed by atoms with Gasteiger partial charge in [0.15, 0.2) is 6.61 Å². The molecule has 2 aromatic carbocycles. The highest BCUT2D eigenvalue weighted by Crippen LogP contribution is 2.21. The molecule has 0 aliphatic heterocycles. The maximum atomic E-state index is 11.6. The van der Waals surface area contributed by atoms with Crippen LogP contribution in [-0.4, -0.2) is 12.6 Å². The second-order valence-corrected chi connectivity index (χ2v) is 5.10. The maximum absolute atomic E-state index is 11.6. The van der Waals surface area contributed by atoms with Crippen molar-refractivity contribution in [2.75, 3.05) is 12.3 Å². The number of nitrogen functional groups attached to an aromatic ring is 1. The number of halogens is 2. The number of rotatable bonds is 5. The second-order valence-electron chi connectivity index (χ2n) is 4.25. The van der Waals surface area contributed by atoms with E-state index in [1.807, 2.05) is 0 Å². The van der Waals surface area contributed by atoms with Crippen molar-refractivity contribution in [3.05, 3.63) is 58.1 Å². The Morgan fingerprint density at radius 3 is 2.48 bits per heavy atom. The molecule has 0 atom stereocenters. The molecular weight excluding hydrogens is 313 g/mol. The van der Waals surface area contributed by atoms with Crippen LogP contribution in [0.3, 0.4) is 0 Å². The molecule has 0 aliphatic rings. The van der Waals surface area contributed by atoms with Gasteiger partial charge in [0.05, 0.1) is 0 Å². The van der Waals surface area contributed by atoms with Gasteiger partial charge >= 0.3 is 5.97 Å². The number of ether oxygens (including phenoxy) is 2. The van der Waals surface area contributed by atoms with Gasteiger partial charge in [0.25, 0.3) is 0 Å². The number of carbonyl (C=O) groups excluding carboxylic acids is 1. The van der Waals surface area contributed by atoms with E-state index < -0.39 is 5.97 Å². The number of anilines is 1. The number of esters is 1. The van der Waals surface area contributed by atoms with Gasteiger partial charge in [-0.05, 0) is 36.4 Å². The molecule has 0 saturated carbocycles. The topological polar surface area (TPSA) is 61.5 Å². The summed E-state index contributed by atoms with van der Waals surface area (Å²) in [5.41, 5.74) is 6.86. The Balaban J connectivity index is 1.80. The van der Waals surface area contributed by atoms with Crippen molar-refractivity contribution in [2.45, 2.75) is 6.61 Å². The van der Waals surface area contributed by atoms with Crippen molar-refractivity contribution in [3.8, 4) is 5.75 Å². The lowest BCUT2D eigenvalue weighted by Gasteiger charge is -2.08. The molecule has 6 heteroatoms. The summed E-state index contributed by atoms with van der Waals surface area (Å²) in [4.78, 5) is 11.6. The van der Waals surface area contributed by atoms with Gasteiger partial charge in [0.2, 0.25) is 0 Å². The summed E-state index contributed by atoms with van der Waals surface area (Å²) >= 11 is 11.8. The molecule has 2 N–H and O–H groups in total. The first-order chi connectivity index (χ1) is 10.0. The molecule has 21 heavy (non-hydrogen) atoms. The van der Waals surface area contributed by atoms with Gasteiger partial charge in [-0.25, -0.2) is 4.79 Å². The summed E-state index contributed by atoms with van der Waals surface area (Å²) in [6, 6.07) is 11.7. The van der Waals surface area contributed by atoms with Gasteiger partial charge in [0.1, 0.15) is 12.4 Å². The lowest BCUT2D eigenvalue weighted by Crippen LogP contribution is -2.14. The summed E-state index contributed by atoms with van der Waals surface area (Å²) in [5.74, 6) is 0.0588. The number of nitrogens with two attached hydrogens (primary N) is 1. The van der Waals surface area contributed by atoms with Crippen LogP contribution in [0.1, 0.15) is 5.56 Å². The monoisotopic (exact) mass is 325 g/mol. The molecular formula is C15H13Cl2NO3. The van der Waals surface area contributed by atoms with Crippen LogP contribution in [0, 0.1) is 0 Å². The van der Waals surface area contributed by atoms with E-state index in [1.165, 1.54) is 0 Å². The highest BCUT2D eigenvalue weighted by atomic mass is 35.5. The van der Waals surface area contributed by atoms with E-state index in [-0.39, 0.29) is 13.2 Å². The maximum Gasteiger partial charge on any atom is 0.344 e. The normalized spacial score (nSPS) is 10.2. The first-order valence-electron chi connectivity index (χ1n) is 6.12. The van der Waals surface area contributed by atoms with E-state index in [0.717, 1.165) is 0 Å². The van der Waals surface area contributed by atoms with Gasteiger partial charge in [0, 0.05) is 21.3 Å². The van der Waals surface area contributed by atoms with Crippen LogP contribution in [0.5, 0.6) is 5.75 Å². The Hall–Kier alpha value is -1.91. The third-order valence-corrected chi connectivity index (χ3v) is 3.23. The summed E-state index contributed by atoms with van der Waals surface area (Å²) < 4.78 is 10.4. The fourth-order valence-electron chi connectivity index (χ4n) is 1.54. The number of hydrogen-bond acceptors (Lipinski definition) is 4. The van der Waals surface area contributed by atoms with E-state index in [0.29, 0.717) is 27.0 Å². The average Bonchev–Trinajstić information content (AvgIpc) is 2.46. The molecule has 0 aliphatic carbocycles. The quantitative estimate of drug-likeness (QED) is 0.672. The van der Waals surface area contributed by atoms with Crippen LogP contribution in [0.4, 0.5) is 5.69 Å². The van der Waals surface area contributed by atoms with Crippen molar-refractivity contribution >= 4 is 34.9 Å². The number of benzene rings is 2. The summed E-state index contributed by atoms with van der Waals surface area (Å²) in [6.45, 7) is -0.116. The van der Waals surface area contributed by atoms with Crippen LogP contribution in [0.25, 0.3) is 0 Å². The number of hydrogen-bond donors (Lipinski definition) is 1. The molecule has 0 aromatic heterocycles. The third kappa shape index (κ3) is 4.85. The van der Waals surface area contributed by atoms with Crippen molar-refractivity contribution in [1.82, 2.24) is 0 Å². The Kier molecular flexibility index (Phi) is 5.31. The minimum Gasteiger partial charge on any atom is -0.482 e. The van der Waals surface area contributed by atoms with Gasteiger partial charge in [-0.3, -0.25) is 0 Å². The van der Waals surface area contributed by atoms with E-state index in [9.17, 15) is 4.79 Å². The molecule has 4 nitrogen and oxygen atoms in total. The Bertz CT molecular complexity index is 629. The van der Waals surface area contributed by atoms with Crippen molar-refractivity contribution in [2.24, 2.45) is 0 Å². The second kappa shape index (κ2) is 7.20. The molecule has 0 bridgehead atoms. The minimum atomic E-state index is -0.488. The van der Waals surface area contributed by atoms with Crippen molar-refractivity contribution in [1.29, 1.82) is 0 Å². The standard InChI is InChI=1S/C15H13Cl2NO3/c16-11-2-1-10(14(17)7-11)8-21-15(19)9-20-13-5-3-12(18)4-6-13/h1-7H,8-9,18H2. The molecule has 0 radical (unpaired) electrons. The molecule has 0 spiro atoms. The molecule has 0 fully saturated rings. The largest absolute Gasteiger partial charge is 0.482 e. The lowest BCUT2D eigenvalue weighted by molar-refractivity contribution is -0.147. The highest BCUT2D eigenvalue weighted by molar-refractivity contribution is 6.35. The zero-order valence-electron chi connectivity index (χ0n) is 11.0. The molecule has 110 valence electrons. The summed E-state index contributed by atoms with van der Waals surface area (Å²) in [6.07, 6.45) is 0. The van der Waals surface area contributed by atoms with Crippen molar-refractivity contribution < 1.29 is 14.3 Å². The molecule has 2 rings (SSSR count). The van der Waals surface area contributed by atoms with E-state index in [2.05, 4.69) is 0 Å². The lowest BCUT2D eigenvalue weighted by atomic mass is 10.2. The summed E-state index contributed by atoms with van der Waals surface area (Å²) in [7, 11) is 0. The van der Waals surface area contributed by atoms with Crippen LogP contribution < -0.4 is 10.5 Å². The van der Waals surface area contributed by atoms with Gasteiger partial charge in [-0.2, -0.15) is 0 Å². The van der Waals surface area contributed by atoms with E-state index in [4.69, 9.17) is 38.4 Å².